The standard InChI is InChI=1S/C29H26F2N4O4/c1-32-16-23(28(36)34-20-8-5-19(30)6-9-20)29(37)35-21-7-4-18(24(31)13-21)12-17-10-11-33-25-15-27(39-3)26(38-2)14-22(17)25/h4-11,13-16,32H,12H2,1-3H3,(H,34,36)(H,35,37)/b23-16+. The van der Waals surface area contributed by atoms with Gasteiger partial charge in [-0.1, -0.05) is 6.07 Å². The highest BCUT2D eigenvalue weighted by Crippen LogP contribution is 2.33. The third-order valence-corrected chi connectivity index (χ3v) is 5.91. The van der Waals surface area contributed by atoms with Gasteiger partial charge in [-0.25, -0.2) is 8.78 Å². The number of nitrogens with zero attached hydrogens (tertiary/aromatic N) is 1. The van der Waals surface area contributed by atoms with Crippen molar-refractivity contribution in [2.24, 2.45) is 0 Å². The average molecular weight is 533 g/mol. The van der Waals surface area contributed by atoms with Gasteiger partial charge in [-0.2, -0.15) is 0 Å². The van der Waals surface area contributed by atoms with Crippen LogP contribution in [-0.2, 0) is 16.0 Å². The molecule has 8 nitrogen and oxygen atoms in total. The summed E-state index contributed by atoms with van der Waals surface area (Å²) in [6.07, 6.45) is 3.12. The Morgan fingerprint density at radius 1 is 0.846 bits per heavy atom. The third-order valence-electron chi connectivity index (χ3n) is 5.91. The van der Waals surface area contributed by atoms with Crippen molar-refractivity contribution in [2.45, 2.75) is 6.42 Å². The molecule has 0 aliphatic rings. The van der Waals surface area contributed by atoms with Crippen molar-refractivity contribution in [2.75, 3.05) is 31.9 Å². The molecule has 0 radical (unpaired) electrons. The molecule has 0 aliphatic carbocycles. The summed E-state index contributed by atoms with van der Waals surface area (Å²) in [6.45, 7) is 0. The maximum Gasteiger partial charge on any atom is 0.262 e. The molecule has 1 heterocycles. The van der Waals surface area contributed by atoms with Gasteiger partial charge in [0.25, 0.3) is 11.8 Å². The molecule has 0 unspecified atom stereocenters. The minimum atomic E-state index is -0.753. The molecule has 200 valence electrons. The third kappa shape index (κ3) is 6.30. The lowest BCUT2D eigenvalue weighted by Gasteiger charge is -2.13. The van der Waals surface area contributed by atoms with Crippen LogP contribution in [0, 0.1) is 11.6 Å². The van der Waals surface area contributed by atoms with Crippen molar-refractivity contribution < 1.29 is 27.8 Å². The number of halogens is 2. The Bertz CT molecular complexity index is 1560. The number of carbonyl (C=O) groups excluding carboxylic acids is 2. The molecular weight excluding hydrogens is 506 g/mol. The molecule has 39 heavy (non-hydrogen) atoms. The number of nitrogens with one attached hydrogen (secondary N) is 3. The molecule has 0 aliphatic heterocycles. The van der Waals surface area contributed by atoms with Gasteiger partial charge in [0.1, 0.15) is 17.2 Å². The minimum Gasteiger partial charge on any atom is -0.493 e. The number of hydrogen-bond donors (Lipinski definition) is 3. The van der Waals surface area contributed by atoms with Gasteiger partial charge in [0.2, 0.25) is 0 Å². The Labute approximate surface area is 223 Å². The van der Waals surface area contributed by atoms with E-state index in [1.165, 1.54) is 50.7 Å². The van der Waals surface area contributed by atoms with Gasteiger partial charge in [0.05, 0.1) is 19.7 Å². The zero-order valence-corrected chi connectivity index (χ0v) is 21.5. The molecule has 0 saturated heterocycles. The fraction of sp³-hybridized carbons (Fsp3) is 0.138. The van der Waals surface area contributed by atoms with Gasteiger partial charge < -0.3 is 25.4 Å². The summed E-state index contributed by atoms with van der Waals surface area (Å²) < 4.78 is 39.0. The van der Waals surface area contributed by atoms with Gasteiger partial charge >= 0.3 is 0 Å². The van der Waals surface area contributed by atoms with Gasteiger partial charge in [0, 0.05) is 48.7 Å². The van der Waals surface area contributed by atoms with E-state index in [4.69, 9.17) is 9.47 Å². The number of pyridine rings is 1. The number of anilines is 2. The number of methoxy groups -OCH3 is 2. The van der Waals surface area contributed by atoms with E-state index in [1.807, 2.05) is 0 Å². The topological polar surface area (TPSA) is 102 Å². The van der Waals surface area contributed by atoms with E-state index in [2.05, 4.69) is 20.9 Å². The molecule has 3 N–H and O–H groups in total. The summed E-state index contributed by atoms with van der Waals surface area (Å²) >= 11 is 0. The van der Waals surface area contributed by atoms with Crippen LogP contribution in [-0.4, -0.2) is 38.1 Å². The maximum atomic E-state index is 15.1. The highest BCUT2D eigenvalue weighted by atomic mass is 19.1. The second-order valence-electron chi connectivity index (χ2n) is 8.44. The maximum absolute atomic E-state index is 15.1. The van der Waals surface area contributed by atoms with Crippen LogP contribution in [0.15, 0.2) is 78.6 Å². The molecule has 3 aromatic carbocycles. The molecule has 4 rings (SSSR count). The van der Waals surface area contributed by atoms with Crippen LogP contribution in [0.5, 0.6) is 11.5 Å². The first-order valence-electron chi connectivity index (χ1n) is 11.9. The molecule has 2 amide bonds. The SMILES string of the molecule is CN/C=C(\C(=O)Nc1ccc(F)cc1)C(=O)Nc1ccc(Cc2ccnc3cc(OC)c(OC)cc23)c(F)c1. The van der Waals surface area contributed by atoms with Gasteiger partial charge in [-0.05, 0) is 59.7 Å². The molecule has 4 aromatic rings. The molecular formula is C29H26F2N4O4. The van der Waals surface area contributed by atoms with Crippen molar-refractivity contribution in [1.29, 1.82) is 0 Å². The highest BCUT2D eigenvalue weighted by molar-refractivity contribution is 6.26. The zero-order valence-electron chi connectivity index (χ0n) is 21.5. The lowest BCUT2D eigenvalue weighted by molar-refractivity contribution is -0.118. The fourth-order valence-electron chi connectivity index (χ4n) is 3.97. The van der Waals surface area contributed by atoms with E-state index in [0.29, 0.717) is 28.3 Å². The zero-order chi connectivity index (χ0) is 27.9. The first-order chi connectivity index (χ1) is 18.8. The molecule has 1 aromatic heterocycles. The number of aromatic nitrogens is 1. The van der Waals surface area contributed by atoms with E-state index in [1.54, 1.807) is 43.6 Å². The van der Waals surface area contributed by atoms with Crippen molar-refractivity contribution in [1.82, 2.24) is 10.3 Å². The van der Waals surface area contributed by atoms with Crippen LogP contribution in [0.1, 0.15) is 11.1 Å². The largest absolute Gasteiger partial charge is 0.493 e. The quantitative estimate of drug-likeness (QED) is 0.163. The molecule has 0 atom stereocenters. The summed E-state index contributed by atoms with van der Waals surface area (Å²) in [7, 11) is 4.61. The number of ether oxygens (including phenoxy) is 2. The smallest absolute Gasteiger partial charge is 0.262 e. The normalized spacial score (nSPS) is 11.2. The van der Waals surface area contributed by atoms with Crippen LogP contribution in [0.25, 0.3) is 10.9 Å². The van der Waals surface area contributed by atoms with Crippen molar-refractivity contribution in [3.8, 4) is 11.5 Å². The van der Waals surface area contributed by atoms with E-state index < -0.39 is 23.4 Å². The van der Waals surface area contributed by atoms with E-state index in [0.717, 1.165) is 10.9 Å². The van der Waals surface area contributed by atoms with E-state index in [-0.39, 0.29) is 17.7 Å². The van der Waals surface area contributed by atoms with Crippen LogP contribution in [0.2, 0.25) is 0 Å². The van der Waals surface area contributed by atoms with Crippen molar-refractivity contribution >= 4 is 34.1 Å². The molecule has 0 fully saturated rings. The predicted molar refractivity (Wildman–Crippen MR) is 145 cm³/mol. The first-order valence-corrected chi connectivity index (χ1v) is 11.9. The average Bonchev–Trinajstić information content (AvgIpc) is 2.93. The summed E-state index contributed by atoms with van der Waals surface area (Å²) in [5.41, 5.74) is 2.13. The van der Waals surface area contributed by atoms with Crippen LogP contribution < -0.4 is 25.4 Å². The Balaban J connectivity index is 1.51. The second-order valence-corrected chi connectivity index (χ2v) is 8.44. The van der Waals surface area contributed by atoms with Crippen molar-refractivity contribution in [3.05, 3.63) is 101 Å². The Hall–Kier alpha value is -4.99. The number of amides is 2. The molecule has 0 bridgehead atoms. The van der Waals surface area contributed by atoms with Crippen LogP contribution in [0.4, 0.5) is 20.2 Å². The molecule has 10 heteroatoms. The Morgan fingerprint density at radius 2 is 1.49 bits per heavy atom. The number of hydrogen-bond acceptors (Lipinski definition) is 6. The van der Waals surface area contributed by atoms with Gasteiger partial charge in [-0.15, -0.1) is 0 Å². The lowest BCUT2D eigenvalue weighted by Crippen LogP contribution is -2.27. The Morgan fingerprint density at radius 3 is 2.13 bits per heavy atom. The second kappa shape index (κ2) is 12.0. The number of fused-ring (bicyclic) bond motifs is 1. The number of carbonyl (C=O) groups is 2. The summed E-state index contributed by atoms with van der Waals surface area (Å²) in [5, 5.41) is 8.51. The lowest BCUT2D eigenvalue weighted by atomic mass is 10.00. The van der Waals surface area contributed by atoms with E-state index in [9.17, 15) is 14.0 Å². The van der Waals surface area contributed by atoms with Crippen molar-refractivity contribution in [3.63, 3.8) is 0 Å². The van der Waals surface area contributed by atoms with Gasteiger partial charge in [0.15, 0.2) is 11.5 Å². The summed E-state index contributed by atoms with van der Waals surface area (Å²) in [5.74, 6) is -1.39. The fourth-order valence-corrected chi connectivity index (χ4v) is 3.97. The number of rotatable bonds is 9. The molecule has 0 saturated carbocycles. The van der Waals surface area contributed by atoms with E-state index >= 15 is 4.39 Å². The first kappa shape index (κ1) is 27.1. The number of benzene rings is 3. The monoisotopic (exact) mass is 532 g/mol. The van der Waals surface area contributed by atoms with Crippen LogP contribution >= 0.6 is 0 Å². The van der Waals surface area contributed by atoms with Crippen LogP contribution in [0.3, 0.4) is 0 Å². The summed E-state index contributed by atoms with van der Waals surface area (Å²) in [4.78, 5) is 29.9. The highest BCUT2D eigenvalue weighted by Gasteiger charge is 2.20. The molecule has 0 spiro atoms. The van der Waals surface area contributed by atoms with Gasteiger partial charge in [-0.3, -0.25) is 14.6 Å². The Kier molecular flexibility index (Phi) is 8.35. The summed E-state index contributed by atoms with van der Waals surface area (Å²) in [6, 6.07) is 14.8. The predicted octanol–water partition coefficient (Wildman–Crippen LogP) is 4.80. The minimum absolute atomic E-state index is 0.170.